The Morgan fingerprint density at radius 1 is 0.342 bits per heavy atom. The maximum Gasteiger partial charge on any atom is 0.142 e. The number of anilines is 2. The summed E-state index contributed by atoms with van der Waals surface area (Å²) in [5.74, 6) is 23.1. The first kappa shape index (κ1) is 85.3. The molecule has 1 aliphatic carbocycles. The number of benzene rings is 12. The first-order valence-electron chi connectivity index (χ1n) is 42.4. The van der Waals surface area contributed by atoms with Crippen LogP contribution in [-0.2, 0) is 10.8 Å². The molecule has 1 unspecified atom stereocenters. The summed E-state index contributed by atoms with van der Waals surface area (Å²) in [6, 6.07) is 97.0. The second-order valence-corrected chi connectivity index (χ2v) is 45.6. The van der Waals surface area contributed by atoms with Crippen LogP contribution in [-0.4, -0.2) is 50.1 Å². The molecule has 12 aromatic carbocycles. The lowest BCUT2D eigenvalue weighted by Gasteiger charge is -2.35. The van der Waals surface area contributed by atoms with Gasteiger partial charge in [-0.1, -0.05) is 335 Å². The molecule has 0 spiro atoms. The Morgan fingerprint density at radius 2 is 0.617 bits per heavy atom. The molecule has 8 nitrogen and oxygen atoms in total. The number of nitrogens with zero attached hydrogens (tertiary/aromatic N) is 2. The van der Waals surface area contributed by atoms with Crippen LogP contribution in [0.25, 0.3) is 44.5 Å². The highest BCUT2D eigenvalue weighted by molar-refractivity contribution is 6.84. The van der Waals surface area contributed by atoms with Crippen molar-refractivity contribution in [3.8, 4) is 103 Å². The van der Waals surface area contributed by atoms with Gasteiger partial charge in [0.2, 0.25) is 0 Å². The van der Waals surface area contributed by atoms with E-state index in [1.165, 1.54) is 0 Å². The standard InChI is InChI=1S/C110H114N6O2Si2/c1-75(85-33-21-17-22-34-85)111-107(112-76(2)86-35-23-18-24-36-86)103-93(41-31-43-95(103)91-63-55-81(56-64-91)67-69-119(11,12)13)89-59-51-79(52-60-89)47-49-83-71-97(109(5,6)7)105(117)101(73-83)115-99-45-29-30-46-100(99)116-102-74-84(72-98(106(102)118)110(8,9)10)50-48-80-53-61-90(62-54-80)94-42-32-44-96(92-65-57-82(58-66-92)68-70-120(14,15)16)104(94)108(113-77(3)87-37-25-19-26-38-87)114-78(4)88-39-27-20-28-40-88/h17-28,31-44,51-66,71-78,99-100,115-118H,29-30,45-46H2,1-16H3,(H,111,112)(H,113,114)/t75-,76-,77-,78?,99-,100-/m1/s1. The van der Waals surface area contributed by atoms with Crippen molar-refractivity contribution >= 4 is 39.2 Å². The summed E-state index contributed by atoms with van der Waals surface area (Å²) < 4.78 is 0. The third kappa shape index (κ3) is 22.0. The number of aliphatic imine (C=N–C) groups is 2. The number of aromatic hydroxyl groups is 2. The Morgan fingerprint density at radius 3 is 0.900 bits per heavy atom. The van der Waals surface area contributed by atoms with Crippen LogP contribution in [0.2, 0.25) is 39.3 Å². The summed E-state index contributed by atoms with van der Waals surface area (Å²) >= 11 is 0. The molecule has 0 aromatic heterocycles. The fraction of sp³-hybridized carbons (Fsp3) is 0.255. The predicted molar refractivity (Wildman–Crippen MR) is 513 cm³/mol. The molecule has 1 saturated carbocycles. The number of amidine groups is 2. The summed E-state index contributed by atoms with van der Waals surface area (Å²) in [6.45, 7) is 35.1. The van der Waals surface area contributed by atoms with Gasteiger partial charge in [-0.15, -0.1) is 11.1 Å². The van der Waals surface area contributed by atoms with Gasteiger partial charge in [0.25, 0.3) is 0 Å². The molecule has 0 aliphatic heterocycles. The number of rotatable bonds is 18. The molecule has 13 rings (SSSR count). The Kier molecular flexibility index (Phi) is 26.7. The van der Waals surface area contributed by atoms with E-state index in [2.05, 4.69) is 419 Å². The van der Waals surface area contributed by atoms with Gasteiger partial charge in [-0.05, 0) is 191 Å². The molecular weight excluding hydrogens is 1490 g/mol. The van der Waals surface area contributed by atoms with Crippen LogP contribution in [0.5, 0.6) is 11.5 Å². The summed E-state index contributed by atoms with van der Waals surface area (Å²) in [5, 5.41) is 40.4. The van der Waals surface area contributed by atoms with Crippen LogP contribution < -0.4 is 21.3 Å². The lowest BCUT2D eigenvalue weighted by atomic mass is 9.84. The highest BCUT2D eigenvalue weighted by Crippen LogP contribution is 2.43. The zero-order valence-corrected chi connectivity index (χ0v) is 74.6. The minimum absolute atomic E-state index is 0.0646. The summed E-state index contributed by atoms with van der Waals surface area (Å²) in [7, 11) is -3.20. The van der Waals surface area contributed by atoms with Gasteiger partial charge in [0.05, 0.1) is 23.5 Å². The fourth-order valence-corrected chi connectivity index (χ4v) is 16.4. The first-order chi connectivity index (χ1) is 57.4. The lowest BCUT2D eigenvalue weighted by Crippen LogP contribution is -2.42. The van der Waals surface area contributed by atoms with Crippen molar-refractivity contribution in [3.05, 3.63) is 357 Å². The molecule has 6 N–H and O–H groups in total. The molecule has 6 atom stereocenters. The van der Waals surface area contributed by atoms with E-state index in [0.29, 0.717) is 11.4 Å². The zero-order valence-electron chi connectivity index (χ0n) is 72.6. The number of phenolic OH excluding ortho intramolecular Hbond substituents is 2. The molecule has 0 bridgehead atoms. The summed E-state index contributed by atoms with van der Waals surface area (Å²) in [5.41, 5.74) is 29.3. The molecule has 0 radical (unpaired) electrons. The molecule has 0 saturated heterocycles. The van der Waals surface area contributed by atoms with Gasteiger partial charge in [-0.25, -0.2) is 0 Å². The van der Waals surface area contributed by atoms with Crippen molar-refractivity contribution in [1.82, 2.24) is 10.6 Å². The maximum atomic E-state index is 12.4. The van der Waals surface area contributed by atoms with Crippen molar-refractivity contribution in [1.29, 1.82) is 0 Å². The van der Waals surface area contributed by atoms with E-state index >= 15 is 0 Å². The van der Waals surface area contributed by atoms with Crippen LogP contribution in [0.1, 0.15) is 197 Å². The van der Waals surface area contributed by atoms with E-state index in [1.807, 2.05) is 36.4 Å². The summed E-state index contributed by atoms with van der Waals surface area (Å²) in [6.07, 6.45) is 3.69. The predicted octanol–water partition coefficient (Wildman–Crippen LogP) is 26.2. The first-order valence-corrected chi connectivity index (χ1v) is 49.4. The minimum atomic E-state index is -1.60. The number of hydrogen-bond donors (Lipinski definition) is 6. The smallest absolute Gasteiger partial charge is 0.142 e. The second-order valence-electron chi connectivity index (χ2n) is 36.1. The molecule has 1 fully saturated rings. The normalized spacial score (nSPS) is 14.8. The third-order valence-electron chi connectivity index (χ3n) is 22.1. The Labute approximate surface area is 716 Å². The second kappa shape index (κ2) is 37.6. The zero-order chi connectivity index (χ0) is 84.9. The van der Waals surface area contributed by atoms with Crippen LogP contribution >= 0.6 is 0 Å². The fourth-order valence-electron chi connectivity index (χ4n) is 15.4. The van der Waals surface area contributed by atoms with Gasteiger partial charge in [0.15, 0.2) is 0 Å². The molecule has 12 aromatic rings. The number of nitrogens with one attached hydrogen (secondary N) is 4. The van der Waals surface area contributed by atoms with Crippen molar-refractivity contribution < 1.29 is 10.2 Å². The Hall–Kier alpha value is -12.5. The van der Waals surface area contributed by atoms with Crippen LogP contribution in [0.4, 0.5) is 11.4 Å². The van der Waals surface area contributed by atoms with Crippen molar-refractivity contribution in [3.63, 3.8) is 0 Å². The average Bonchev–Trinajstić information content (AvgIpc) is 0.782. The van der Waals surface area contributed by atoms with Gasteiger partial charge in [0, 0.05) is 79.8 Å². The molecule has 0 amide bonds. The lowest BCUT2D eigenvalue weighted by molar-refractivity contribution is 0.412. The maximum absolute atomic E-state index is 12.4. The molecule has 120 heavy (non-hydrogen) atoms. The van der Waals surface area contributed by atoms with E-state index in [9.17, 15) is 10.2 Å². The van der Waals surface area contributed by atoms with Crippen molar-refractivity contribution in [2.45, 2.75) is 181 Å². The van der Waals surface area contributed by atoms with Crippen molar-refractivity contribution in [2.24, 2.45) is 9.98 Å². The molecule has 10 heteroatoms. The highest BCUT2D eigenvalue weighted by Gasteiger charge is 2.32. The third-order valence-corrected chi connectivity index (χ3v) is 23.8. The molecule has 0 heterocycles. The van der Waals surface area contributed by atoms with Crippen LogP contribution in [0, 0.1) is 46.6 Å². The van der Waals surface area contributed by atoms with Gasteiger partial charge in [0.1, 0.15) is 39.3 Å². The topological polar surface area (TPSA) is 113 Å². The van der Waals surface area contributed by atoms with Crippen molar-refractivity contribution in [2.75, 3.05) is 10.6 Å². The highest BCUT2D eigenvalue weighted by atomic mass is 28.3. The van der Waals surface area contributed by atoms with E-state index in [4.69, 9.17) is 9.98 Å². The van der Waals surface area contributed by atoms with Gasteiger partial charge >= 0.3 is 0 Å². The monoisotopic (exact) mass is 1610 g/mol. The van der Waals surface area contributed by atoms with E-state index in [-0.39, 0.29) is 47.8 Å². The molecule has 604 valence electrons. The number of hydrogen-bond acceptors (Lipinski definition) is 6. The Bertz CT molecular complexity index is 5560. The van der Waals surface area contributed by atoms with E-state index < -0.39 is 27.0 Å². The SMILES string of the molecule is CC(NC(=N[C@H](C)c1ccccc1)c1c(-c2ccc(C#Cc3cc(N[C@@H]4CCCC[C@H]4Nc4cc(C#Cc5ccc(-c6cccc(-c7ccc(C#C[Si](C)(C)C)cc7)c6C(=N[C@H](C)c6ccccc6)N[C@H](C)c6ccccc6)cc5)cc(C(C)(C)C)c4O)c(O)c(C(C)(C)C)c3)cc2)cccc1-c1ccc(C#C[Si](C)(C)C)cc1)c1ccccc1. The molecule has 1 aliphatic rings. The largest absolute Gasteiger partial charge is 0.505 e. The minimum Gasteiger partial charge on any atom is -0.505 e. The number of phenols is 2. The quantitative estimate of drug-likeness (QED) is 0.0168. The van der Waals surface area contributed by atoms with Gasteiger partial charge < -0.3 is 31.5 Å². The van der Waals surface area contributed by atoms with Gasteiger partial charge in [-0.2, -0.15) is 0 Å². The van der Waals surface area contributed by atoms with Crippen LogP contribution in [0.3, 0.4) is 0 Å². The van der Waals surface area contributed by atoms with Crippen LogP contribution in [0.15, 0.2) is 289 Å². The van der Waals surface area contributed by atoms with Gasteiger partial charge in [-0.3, -0.25) is 9.98 Å². The average molecular weight is 1610 g/mol. The summed E-state index contributed by atoms with van der Waals surface area (Å²) in [4.78, 5) is 11.2. The Balaban J connectivity index is 0.795. The van der Waals surface area contributed by atoms with E-state index in [1.54, 1.807) is 0 Å². The van der Waals surface area contributed by atoms with E-state index in [0.717, 1.165) is 160 Å². The molecular formula is C110H114N6O2Si2.